The SMILES string of the molecule is CC(C)(C)c1cc(NC(=O)Cc2ccc(-c3cnc(Cc4ccn5ccccc45)nc3)cc2F)no1. The van der Waals surface area contributed by atoms with Crippen molar-refractivity contribution in [2.45, 2.75) is 39.0 Å². The molecule has 0 aliphatic carbocycles. The molecule has 182 valence electrons. The molecule has 4 heterocycles. The summed E-state index contributed by atoms with van der Waals surface area (Å²) in [6.45, 7) is 5.95. The second kappa shape index (κ2) is 9.37. The van der Waals surface area contributed by atoms with Crippen LogP contribution in [0.3, 0.4) is 0 Å². The van der Waals surface area contributed by atoms with Crippen molar-refractivity contribution in [2.24, 2.45) is 0 Å². The molecule has 7 nitrogen and oxygen atoms in total. The smallest absolute Gasteiger partial charge is 0.230 e. The lowest BCUT2D eigenvalue weighted by atomic mass is 9.93. The minimum Gasteiger partial charge on any atom is -0.359 e. The number of anilines is 1. The summed E-state index contributed by atoms with van der Waals surface area (Å²) >= 11 is 0. The molecule has 0 atom stereocenters. The van der Waals surface area contributed by atoms with E-state index in [1.165, 1.54) is 6.07 Å². The summed E-state index contributed by atoms with van der Waals surface area (Å²) in [5.74, 6) is 0.812. The van der Waals surface area contributed by atoms with Gasteiger partial charge in [-0.2, -0.15) is 0 Å². The number of carbonyl (C=O) groups excluding carboxylic acids is 1. The molecule has 0 unspecified atom stereocenters. The van der Waals surface area contributed by atoms with E-state index in [0.29, 0.717) is 35.0 Å². The molecule has 0 radical (unpaired) electrons. The van der Waals surface area contributed by atoms with E-state index in [-0.39, 0.29) is 23.3 Å². The highest BCUT2D eigenvalue weighted by molar-refractivity contribution is 5.91. The first-order valence-corrected chi connectivity index (χ1v) is 11.7. The summed E-state index contributed by atoms with van der Waals surface area (Å²) in [4.78, 5) is 21.4. The molecule has 36 heavy (non-hydrogen) atoms. The molecule has 0 saturated heterocycles. The second-order valence-corrected chi connectivity index (χ2v) is 9.76. The number of rotatable bonds is 6. The van der Waals surface area contributed by atoms with E-state index in [4.69, 9.17) is 4.52 Å². The molecule has 0 bridgehead atoms. The van der Waals surface area contributed by atoms with Gasteiger partial charge < -0.3 is 14.2 Å². The molecular weight excluding hydrogens is 457 g/mol. The van der Waals surface area contributed by atoms with E-state index in [1.807, 2.05) is 45.3 Å². The van der Waals surface area contributed by atoms with Crippen LogP contribution in [0.2, 0.25) is 0 Å². The molecule has 0 saturated carbocycles. The number of aromatic nitrogens is 4. The Morgan fingerprint density at radius 3 is 2.53 bits per heavy atom. The molecule has 5 rings (SSSR count). The van der Waals surface area contributed by atoms with Crippen LogP contribution in [0.5, 0.6) is 0 Å². The summed E-state index contributed by atoms with van der Waals surface area (Å²) in [6, 6.07) is 14.6. The third-order valence-corrected chi connectivity index (χ3v) is 5.96. The van der Waals surface area contributed by atoms with Gasteiger partial charge in [0.2, 0.25) is 5.91 Å². The molecule has 1 aromatic carbocycles. The lowest BCUT2D eigenvalue weighted by Crippen LogP contribution is -2.15. The van der Waals surface area contributed by atoms with E-state index >= 15 is 0 Å². The van der Waals surface area contributed by atoms with Crippen molar-refractivity contribution < 1.29 is 13.7 Å². The highest BCUT2D eigenvalue weighted by Gasteiger charge is 2.20. The van der Waals surface area contributed by atoms with Crippen molar-refractivity contribution in [2.75, 3.05) is 5.32 Å². The van der Waals surface area contributed by atoms with Crippen LogP contribution in [-0.2, 0) is 23.1 Å². The molecule has 0 spiro atoms. The summed E-state index contributed by atoms with van der Waals surface area (Å²) in [6.07, 6.45) is 7.88. The number of amides is 1. The molecule has 1 amide bonds. The first kappa shape index (κ1) is 23.4. The zero-order chi connectivity index (χ0) is 25.3. The lowest BCUT2D eigenvalue weighted by molar-refractivity contribution is -0.115. The van der Waals surface area contributed by atoms with Gasteiger partial charge in [-0.15, -0.1) is 0 Å². The Morgan fingerprint density at radius 2 is 1.81 bits per heavy atom. The maximum absolute atomic E-state index is 14.8. The summed E-state index contributed by atoms with van der Waals surface area (Å²) in [5, 5.41) is 6.53. The number of carbonyl (C=O) groups is 1. The predicted molar refractivity (Wildman–Crippen MR) is 135 cm³/mol. The van der Waals surface area contributed by atoms with Crippen LogP contribution in [0.4, 0.5) is 10.2 Å². The fraction of sp³-hybridized carbons (Fsp3) is 0.214. The van der Waals surface area contributed by atoms with E-state index in [0.717, 1.165) is 11.1 Å². The van der Waals surface area contributed by atoms with Crippen LogP contribution in [0.25, 0.3) is 16.6 Å². The van der Waals surface area contributed by atoms with Crippen LogP contribution in [-0.4, -0.2) is 25.4 Å². The van der Waals surface area contributed by atoms with Crippen molar-refractivity contribution >= 4 is 17.2 Å². The summed E-state index contributed by atoms with van der Waals surface area (Å²) in [5.41, 5.74) is 3.66. The Balaban J connectivity index is 1.24. The number of benzene rings is 1. The molecule has 0 aliphatic rings. The quantitative estimate of drug-likeness (QED) is 0.340. The zero-order valence-electron chi connectivity index (χ0n) is 20.3. The fourth-order valence-electron chi connectivity index (χ4n) is 3.95. The number of fused-ring (bicyclic) bond motifs is 1. The Kier molecular flexibility index (Phi) is 6.10. The monoisotopic (exact) mass is 483 g/mol. The average molecular weight is 484 g/mol. The largest absolute Gasteiger partial charge is 0.359 e. The first-order valence-electron chi connectivity index (χ1n) is 11.7. The molecular formula is C28H26FN5O2. The summed E-state index contributed by atoms with van der Waals surface area (Å²) < 4.78 is 22.1. The van der Waals surface area contributed by atoms with Crippen molar-refractivity contribution in [3.05, 3.63) is 102 Å². The van der Waals surface area contributed by atoms with Crippen LogP contribution in [0, 0.1) is 5.82 Å². The number of halogens is 1. The Morgan fingerprint density at radius 1 is 1.00 bits per heavy atom. The first-order chi connectivity index (χ1) is 17.3. The third-order valence-electron chi connectivity index (χ3n) is 5.96. The zero-order valence-corrected chi connectivity index (χ0v) is 20.3. The number of pyridine rings is 1. The molecule has 4 aromatic heterocycles. The predicted octanol–water partition coefficient (Wildman–Crippen LogP) is 5.59. The standard InChI is InChI=1S/C28H26FN5O2/c1-28(2,3)24-15-26(33-36-24)32-27(35)14-19-8-7-18(12-22(19)29)21-16-30-25(31-17-21)13-20-9-11-34-10-5-4-6-23(20)34/h4-12,15-17H,13-14H2,1-3H3,(H,32,33,35). The Bertz CT molecular complexity index is 1530. The van der Waals surface area contributed by atoms with Gasteiger partial charge in [0.15, 0.2) is 5.82 Å². The van der Waals surface area contributed by atoms with Gasteiger partial charge in [0.1, 0.15) is 17.4 Å². The number of hydrogen-bond acceptors (Lipinski definition) is 5. The van der Waals surface area contributed by atoms with Crippen molar-refractivity contribution in [3.63, 3.8) is 0 Å². The van der Waals surface area contributed by atoms with Gasteiger partial charge in [0.25, 0.3) is 0 Å². The van der Waals surface area contributed by atoms with Crippen molar-refractivity contribution in [1.82, 2.24) is 19.5 Å². The third kappa shape index (κ3) is 5.02. The van der Waals surface area contributed by atoms with Gasteiger partial charge in [-0.25, -0.2) is 14.4 Å². The van der Waals surface area contributed by atoms with Gasteiger partial charge in [-0.1, -0.05) is 44.1 Å². The van der Waals surface area contributed by atoms with Gasteiger partial charge in [0, 0.05) is 53.8 Å². The van der Waals surface area contributed by atoms with Gasteiger partial charge >= 0.3 is 0 Å². The van der Waals surface area contributed by atoms with Crippen LogP contribution in [0.1, 0.15) is 43.5 Å². The van der Waals surface area contributed by atoms with E-state index in [2.05, 4.69) is 37.0 Å². The summed E-state index contributed by atoms with van der Waals surface area (Å²) in [7, 11) is 0. The Hall–Kier alpha value is -4.33. The maximum Gasteiger partial charge on any atom is 0.230 e. The van der Waals surface area contributed by atoms with Gasteiger partial charge in [-0.3, -0.25) is 4.79 Å². The highest BCUT2D eigenvalue weighted by atomic mass is 19.1. The van der Waals surface area contributed by atoms with E-state index in [1.54, 1.807) is 30.6 Å². The maximum atomic E-state index is 14.8. The molecule has 5 aromatic rings. The van der Waals surface area contributed by atoms with Crippen LogP contribution >= 0.6 is 0 Å². The fourth-order valence-corrected chi connectivity index (χ4v) is 3.95. The number of hydrogen-bond donors (Lipinski definition) is 1. The van der Waals surface area contributed by atoms with E-state index in [9.17, 15) is 9.18 Å². The molecule has 0 fully saturated rings. The van der Waals surface area contributed by atoms with Crippen molar-refractivity contribution in [3.8, 4) is 11.1 Å². The van der Waals surface area contributed by atoms with E-state index < -0.39 is 5.82 Å². The molecule has 1 N–H and O–H groups in total. The van der Waals surface area contributed by atoms with Crippen LogP contribution < -0.4 is 5.32 Å². The minimum absolute atomic E-state index is 0.120. The normalized spacial score (nSPS) is 11.7. The number of nitrogens with zero attached hydrogens (tertiary/aromatic N) is 4. The lowest BCUT2D eigenvalue weighted by Gasteiger charge is -2.12. The highest BCUT2D eigenvalue weighted by Crippen LogP contribution is 2.25. The average Bonchev–Trinajstić information content (AvgIpc) is 3.48. The Labute approximate surface area is 208 Å². The second-order valence-electron chi connectivity index (χ2n) is 9.76. The van der Waals surface area contributed by atoms with Crippen molar-refractivity contribution in [1.29, 1.82) is 0 Å². The number of nitrogens with one attached hydrogen (secondary N) is 1. The minimum atomic E-state index is -0.470. The van der Waals surface area contributed by atoms with Gasteiger partial charge in [-0.05, 0) is 41.0 Å². The topological polar surface area (TPSA) is 85.3 Å². The van der Waals surface area contributed by atoms with Gasteiger partial charge in [0.05, 0.1) is 6.42 Å². The molecule has 8 heteroatoms. The molecule has 0 aliphatic heterocycles. The van der Waals surface area contributed by atoms with Crippen LogP contribution in [0.15, 0.2) is 77.8 Å².